The molecule has 4 nitrogen and oxygen atoms in total. The Labute approximate surface area is 109 Å². The van der Waals surface area contributed by atoms with Gasteiger partial charge in [0.1, 0.15) is 0 Å². The Morgan fingerprint density at radius 3 is 3.00 bits per heavy atom. The van der Waals surface area contributed by atoms with Gasteiger partial charge in [-0.15, -0.1) is 0 Å². The van der Waals surface area contributed by atoms with E-state index in [1.165, 1.54) is 0 Å². The first-order chi connectivity index (χ1) is 8.09. The van der Waals surface area contributed by atoms with Crippen LogP contribution in [0.5, 0.6) is 0 Å². The maximum atomic E-state index is 11.3. The quantitative estimate of drug-likeness (QED) is 0.830. The summed E-state index contributed by atoms with van der Waals surface area (Å²) in [5.41, 5.74) is 13.0. The summed E-state index contributed by atoms with van der Waals surface area (Å²) in [4.78, 5) is 13.4. The van der Waals surface area contributed by atoms with Crippen LogP contribution in [0.15, 0.2) is 22.7 Å². The fourth-order valence-corrected chi connectivity index (χ4v) is 2.67. The van der Waals surface area contributed by atoms with Gasteiger partial charge in [0.2, 0.25) is 5.91 Å². The van der Waals surface area contributed by atoms with E-state index in [0.717, 1.165) is 35.1 Å². The third-order valence-corrected chi connectivity index (χ3v) is 4.14. The fourth-order valence-electron chi connectivity index (χ4n) is 2.28. The van der Waals surface area contributed by atoms with Crippen molar-refractivity contribution in [3.63, 3.8) is 0 Å². The van der Waals surface area contributed by atoms with Crippen molar-refractivity contribution in [2.45, 2.75) is 25.4 Å². The molecule has 1 fully saturated rings. The molecule has 1 aromatic carbocycles. The zero-order chi connectivity index (χ0) is 12.4. The molecular weight excluding hydrogens is 282 g/mol. The predicted octanol–water partition coefficient (Wildman–Crippen LogP) is 1.48. The van der Waals surface area contributed by atoms with E-state index in [9.17, 15) is 4.79 Å². The molecule has 5 heteroatoms. The molecule has 4 N–H and O–H groups in total. The summed E-state index contributed by atoms with van der Waals surface area (Å²) < 4.78 is 0.912. The molecule has 17 heavy (non-hydrogen) atoms. The van der Waals surface area contributed by atoms with Gasteiger partial charge in [0.15, 0.2) is 0 Å². The monoisotopic (exact) mass is 297 g/mol. The van der Waals surface area contributed by atoms with E-state index in [2.05, 4.69) is 20.8 Å². The Bertz CT molecular complexity index is 436. The number of hydrogen-bond acceptors (Lipinski definition) is 3. The van der Waals surface area contributed by atoms with Gasteiger partial charge in [-0.3, -0.25) is 9.69 Å². The molecule has 1 saturated heterocycles. The van der Waals surface area contributed by atoms with Crippen LogP contribution in [0.25, 0.3) is 0 Å². The van der Waals surface area contributed by atoms with Crippen molar-refractivity contribution < 1.29 is 4.79 Å². The van der Waals surface area contributed by atoms with E-state index < -0.39 is 0 Å². The lowest BCUT2D eigenvalue weighted by molar-refractivity contribution is -0.122. The summed E-state index contributed by atoms with van der Waals surface area (Å²) >= 11 is 3.48. The molecule has 1 atom stereocenters. The Morgan fingerprint density at radius 1 is 1.53 bits per heavy atom. The van der Waals surface area contributed by atoms with Crippen molar-refractivity contribution in [3.8, 4) is 0 Å². The Balaban J connectivity index is 2.15. The first kappa shape index (κ1) is 12.4. The predicted molar refractivity (Wildman–Crippen MR) is 71.2 cm³/mol. The van der Waals surface area contributed by atoms with Gasteiger partial charge in [0, 0.05) is 16.7 Å². The minimum Gasteiger partial charge on any atom is -0.398 e. The summed E-state index contributed by atoms with van der Waals surface area (Å²) in [7, 11) is 0. The van der Waals surface area contributed by atoms with Crippen molar-refractivity contribution in [2.24, 2.45) is 5.73 Å². The maximum Gasteiger partial charge on any atom is 0.234 e. The van der Waals surface area contributed by atoms with Gasteiger partial charge in [0.05, 0.1) is 6.04 Å². The second kappa shape index (κ2) is 5.06. The van der Waals surface area contributed by atoms with Crippen LogP contribution in [0.2, 0.25) is 0 Å². The smallest absolute Gasteiger partial charge is 0.234 e. The SMILES string of the molecule is NC(=O)C1CCCN1Cc1cccc(N)c1Br. The van der Waals surface area contributed by atoms with Crippen LogP contribution < -0.4 is 11.5 Å². The average molecular weight is 298 g/mol. The van der Waals surface area contributed by atoms with Crippen LogP contribution in [-0.2, 0) is 11.3 Å². The van der Waals surface area contributed by atoms with Crippen LogP contribution in [0.1, 0.15) is 18.4 Å². The molecule has 0 bridgehead atoms. The summed E-state index contributed by atoms with van der Waals surface area (Å²) in [5.74, 6) is -0.234. The Kier molecular flexibility index (Phi) is 3.69. The fraction of sp³-hybridized carbons (Fsp3) is 0.417. The molecule has 0 aliphatic carbocycles. The van der Waals surface area contributed by atoms with Crippen molar-refractivity contribution in [3.05, 3.63) is 28.2 Å². The molecule has 1 amide bonds. The zero-order valence-electron chi connectivity index (χ0n) is 9.53. The minimum absolute atomic E-state index is 0.136. The summed E-state index contributed by atoms with van der Waals surface area (Å²) in [6.07, 6.45) is 1.88. The normalized spacial score (nSPS) is 20.6. The molecular formula is C12H16BrN3O. The second-order valence-electron chi connectivity index (χ2n) is 4.35. The van der Waals surface area contributed by atoms with E-state index >= 15 is 0 Å². The molecule has 1 heterocycles. The van der Waals surface area contributed by atoms with Crippen LogP contribution >= 0.6 is 15.9 Å². The first-order valence-electron chi connectivity index (χ1n) is 5.66. The Morgan fingerprint density at radius 2 is 2.29 bits per heavy atom. The highest BCUT2D eigenvalue weighted by molar-refractivity contribution is 9.10. The minimum atomic E-state index is -0.234. The van der Waals surface area contributed by atoms with Crippen LogP contribution in [0.3, 0.4) is 0 Å². The zero-order valence-corrected chi connectivity index (χ0v) is 11.1. The summed E-state index contributed by atoms with van der Waals surface area (Å²) in [6, 6.07) is 5.65. The highest BCUT2D eigenvalue weighted by Crippen LogP contribution is 2.27. The van der Waals surface area contributed by atoms with Crippen LogP contribution in [0, 0.1) is 0 Å². The lowest BCUT2D eigenvalue weighted by Crippen LogP contribution is -2.39. The number of benzene rings is 1. The number of primary amides is 1. The molecule has 0 saturated carbocycles. The lowest BCUT2D eigenvalue weighted by atomic mass is 10.1. The highest BCUT2D eigenvalue weighted by atomic mass is 79.9. The molecule has 2 rings (SSSR count). The molecule has 0 aromatic heterocycles. The number of anilines is 1. The van der Waals surface area contributed by atoms with Crippen LogP contribution in [0.4, 0.5) is 5.69 Å². The van der Waals surface area contributed by atoms with E-state index in [4.69, 9.17) is 11.5 Å². The van der Waals surface area contributed by atoms with E-state index in [0.29, 0.717) is 6.54 Å². The van der Waals surface area contributed by atoms with E-state index in [1.807, 2.05) is 18.2 Å². The molecule has 0 radical (unpaired) electrons. The number of amides is 1. The molecule has 1 unspecified atom stereocenters. The average Bonchev–Trinajstić information content (AvgIpc) is 2.73. The van der Waals surface area contributed by atoms with E-state index in [1.54, 1.807) is 0 Å². The van der Waals surface area contributed by atoms with Gasteiger partial charge in [-0.05, 0) is 46.9 Å². The maximum absolute atomic E-state index is 11.3. The van der Waals surface area contributed by atoms with Gasteiger partial charge in [-0.25, -0.2) is 0 Å². The number of nitrogens with zero attached hydrogens (tertiary/aromatic N) is 1. The number of hydrogen-bond donors (Lipinski definition) is 2. The van der Waals surface area contributed by atoms with Gasteiger partial charge in [-0.1, -0.05) is 12.1 Å². The molecule has 92 valence electrons. The standard InChI is InChI=1S/C12H16BrN3O/c13-11-8(3-1-4-9(11)14)7-16-6-2-5-10(16)12(15)17/h1,3-4,10H,2,5-7,14H2,(H2,15,17). The first-order valence-corrected chi connectivity index (χ1v) is 6.45. The highest BCUT2D eigenvalue weighted by Gasteiger charge is 2.29. The van der Waals surface area contributed by atoms with Gasteiger partial charge in [-0.2, -0.15) is 0 Å². The molecule has 1 aliphatic heterocycles. The largest absolute Gasteiger partial charge is 0.398 e. The number of halogens is 1. The lowest BCUT2D eigenvalue weighted by Gasteiger charge is -2.22. The second-order valence-corrected chi connectivity index (χ2v) is 5.14. The van der Waals surface area contributed by atoms with Crippen molar-refractivity contribution in [1.82, 2.24) is 4.90 Å². The number of carbonyl (C=O) groups is 1. The number of likely N-dealkylation sites (tertiary alicyclic amines) is 1. The van der Waals surface area contributed by atoms with Crippen molar-refractivity contribution >= 4 is 27.5 Å². The molecule has 0 spiro atoms. The number of nitrogens with two attached hydrogens (primary N) is 2. The Hall–Kier alpha value is -1.07. The number of carbonyl (C=O) groups excluding carboxylic acids is 1. The summed E-state index contributed by atoms with van der Waals surface area (Å²) in [5, 5.41) is 0. The third kappa shape index (κ3) is 2.61. The van der Waals surface area contributed by atoms with Crippen molar-refractivity contribution in [1.29, 1.82) is 0 Å². The summed E-state index contributed by atoms with van der Waals surface area (Å²) in [6.45, 7) is 1.62. The topological polar surface area (TPSA) is 72.4 Å². The third-order valence-electron chi connectivity index (χ3n) is 3.17. The van der Waals surface area contributed by atoms with Crippen LogP contribution in [-0.4, -0.2) is 23.4 Å². The van der Waals surface area contributed by atoms with Gasteiger partial charge in [0.25, 0.3) is 0 Å². The molecule has 1 aliphatic rings. The van der Waals surface area contributed by atoms with Crippen molar-refractivity contribution in [2.75, 3.05) is 12.3 Å². The molecule has 1 aromatic rings. The number of nitrogen functional groups attached to an aromatic ring is 1. The number of rotatable bonds is 3. The van der Waals surface area contributed by atoms with Gasteiger partial charge < -0.3 is 11.5 Å². The van der Waals surface area contributed by atoms with Gasteiger partial charge >= 0.3 is 0 Å². The van der Waals surface area contributed by atoms with E-state index in [-0.39, 0.29) is 11.9 Å².